The van der Waals surface area contributed by atoms with E-state index in [1.807, 2.05) is 30.5 Å². The SMILES string of the molecule is O=C(O)c1cccc(Cl)c1OCC(=O)N(CCc1c[nH]c2ccccc12)Cc1ccc(F)cc1. The first kappa shape index (κ1) is 23.3. The number of amides is 1. The minimum atomic E-state index is -1.20. The lowest BCUT2D eigenvalue weighted by Crippen LogP contribution is -2.36. The minimum Gasteiger partial charge on any atom is -0.481 e. The summed E-state index contributed by atoms with van der Waals surface area (Å²) in [6.45, 7) is 0.244. The van der Waals surface area contributed by atoms with Gasteiger partial charge in [-0.2, -0.15) is 0 Å². The molecule has 3 aromatic carbocycles. The monoisotopic (exact) mass is 480 g/mol. The molecule has 0 aliphatic heterocycles. The van der Waals surface area contributed by atoms with Gasteiger partial charge in [-0.1, -0.05) is 48.0 Å². The number of aromatic amines is 1. The molecule has 0 bridgehead atoms. The Kier molecular flexibility index (Phi) is 7.13. The first-order chi connectivity index (χ1) is 16.4. The van der Waals surface area contributed by atoms with Crippen molar-refractivity contribution >= 4 is 34.4 Å². The number of hydrogen-bond donors (Lipinski definition) is 2. The van der Waals surface area contributed by atoms with Gasteiger partial charge in [0.1, 0.15) is 11.4 Å². The topological polar surface area (TPSA) is 82.6 Å². The Morgan fingerprint density at radius 3 is 2.56 bits per heavy atom. The lowest BCUT2D eigenvalue weighted by atomic mass is 10.1. The van der Waals surface area contributed by atoms with E-state index in [0.29, 0.717) is 13.0 Å². The Morgan fingerprint density at radius 1 is 1.03 bits per heavy atom. The summed E-state index contributed by atoms with van der Waals surface area (Å²) in [6.07, 6.45) is 2.51. The number of para-hydroxylation sites is 2. The first-order valence-electron chi connectivity index (χ1n) is 10.6. The molecule has 0 fully saturated rings. The Morgan fingerprint density at radius 2 is 1.79 bits per heavy atom. The highest BCUT2D eigenvalue weighted by molar-refractivity contribution is 6.32. The molecular formula is C26H22ClFN2O4. The molecule has 0 saturated heterocycles. The van der Waals surface area contributed by atoms with E-state index < -0.39 is 5.97 Å². The van der Waals surface area contributed by atoms with Crippen molar-refractivity contribution < 1.29 is 23.8 Å². The molecular weight excluding hydrogens is 459 g/mol. The molecule has 0 saturated carbocycles. The largest absolute Gasteiger partial charge is 0.481 e. The number of hydrogen-bond acceptors (Lipinski definition) is 3. The summed E-state index contributed by atoms with van der Waals surface area (Å²) >= 11 is 6.11. The number of nitrogens with one attached hydrogen (secondary N) is 1. The van der Waals surface area contributed by atoms with Crippen LogP contribution in [-0.2, 0) is 17.8 Å². The van der Waals surface area contributed by atoms with E-state index in [2.05, 4.69) is 4.98 Å². The number of rotatable bonds is 9. The van der Waals surface area contributed by atoms with Crippen LogP contribution in [0.25, 0.3) is 10.9 Å². The van der Waals surface area contributed by atoms with Crippen LogP contribution in [0.2, 0.25) is 5.02 Å². The molecule has 0 aliphatic carbocycles. The van der Waals surface area contributed by atoms with Gasteiger partial charge in [-0.15, -0.1) is 0 Å². The standard InChI is InChI=1S/C26H22ClFN2O4/c27-22-6-3-5-21(26(32)33)25(22)34-16-24(31)30(15-17-8-10-19(28)11-9-17)13-12-18-14-29-23-7-2-1-4-20(18)23/h1-11,14,29H,12-13,15-16H2,(H,32,33). The van der Waals surface area contributed by atoms with Crippen LogP contribution in [0.15, 0.2) is 72.9 Å². The predicted octanol–water partition coefficient (Wildman–Crippen LogP) is 5.31. The lowest BCUT2D eigenvalue weighted by Gasteiger charge is -2.23. The second kappa shape index (κ2) is 10.4. The summed E-state index contributed by atoms with van der Waals surface area (Å²) < 4.78 is 18.9. The number of fused-ring (bicyclic) bond motifs is 1. The van der Waals surface area contributed by atoms with Gasteiger partial charge in [-0.3, -0.25) is 4.79 Å². The van der Waals surface area contributed by atoms with Crippen LogP contribution >= 0.6 is 11.6 Å². The number of aromatic carboxylic acids is 1. The molecule has 0 radical (unpaired) electrons. The maximum atomic E-state index is 13.3. The van der Waals surface area contributed by atoms with Crippen LogP contribution < -0.4 is 4.74 Å². The van der Waals surface area contributed by atoms with E-state index in [1.165, 1.54) is 30.3 Å². The predicted molar refractivity (Wildman–Crippen MR) is 128 cm³/mol. The van der Waals surface area contributed by atoms with Crippen molar-refractivity contribution in [2.24, 2.45) is 0 Å². The number of aromatic nitrogens is 1. The molecule has 4 rings (SSSR count). The second-order valence-corrected chi connectivity index (χ2v) is 8.17. The third-order valence-electron chi connectivity index (χ3n) is 5.50. The maximum Gasteiger partial charge on any atom is 0.339 e. The van der Waals surface area contributed by atoms with Crippen LogP contribution in [0.5, 0.6) is 5.75 Å². The van der Waals surface area contributed by atoms with Gasteiger partial charge >= 0.3 is 5.97 Å². The van der Waals surface area contributed by atoms with Gasteiger partial charge in [0.05, 0.1) is 5.02 Å². The minimum absolute atomic E-state index is 0.0524. The number of carboxylic acid groups (broad SMARTS) is 1. The van der Waals surface area contributed by atoms with Gasteiger partial charge in [0, 0.05) is 30.2 Å². The number of carbonyl (C=O) groups is 2. The van der Waals surface area contributed by atoms with Crippen molar-refractivity contribution in [1.29, 1.82) is 0 Å². The maximum absolute atomic E-state index is 13.3. The normalized spacial score (nSPS) is 10.9. The highest BCUT2D eigenvalue weighted by atomic mass is 35.5. The molecule has 1 heterocycles. The van der Waals surface area contributed by atoms with Gasteiger partial charge in [0.2, 0.25) is 0 Å². The van der Waals surface area contributed by atoms with E-state index in [1.54, 1.807) is 17.0 Å². The summed E-state index contributed by atoms with van der Waals surface area (Å²) in [5.74, 6) is -1.96. The first-order valence-corrected chi connectivity index (χ1v) is 11.0. The van der Waals surface area contributed by atoms with E-state index in [9.17, 15) is 19.1 Å². The average molecular weight is 481 g/mol. The van der Waals surface area contributed by atoms with Crippen LogP contribution in [0, 0.1) is 5.82 Å². The number of ether oxygens (including phenoxy) is 1. The third kappa shape index (κ3) is 5.38. The molecule has 0 atom stereocenters. The number of carboxylic acids is 1. The Hall–Kier alpha value is -3.84. The summed E-state index contributed by atoms with van der Waals surface area (Å²) in [5, 5.41) is 10.6. The van der Waals surface area contributed by atoms with Crippen LogP contribution in [0.1, 0.15) is 21.5 Å². The molecule has 2 N–H and O–H groups in total. The van der Waals surface area contributed by atoms with E-state index in [-0.39, 0.29) is 41.2 Å². The van der Waals surface area contributed by atoms with Crippen LogP contribution in [-0.4, -0.2) is 40.0 Å². The summed E-state index contributed by atoms with van der Waals surface area (Å²) in [4.78, 5) is 29.5. The number of carbonyl (C=O) groups excluding carboxylic acids is 1. The molecule has 1 amide bonds. The zero-order valence-electron chi connectivity index (χ0n) is 18.1. The number of benzene rings is 3. The average Bonchev–Trinajstić information content (AvgIpc) is 3.25. The second-order valence-electron chi connectivity index (χ2n) is 7.76. The molecule has 174 valence electrons. The molecule has 0 spiro atoms. The molecule has 34 heavy (non-hydrogen) atoms. The fourth-order valence-electron chi connectivity index (χ4n) is 3.75. The summed E-state index contributed by atoms with van der Waals surface area (Å²) in [5.41, 5.74) is 2.71. The van der Waals surface area contributed by atoms with Crippen LogP contribution in [0.3, 0.4) is 0 Å². The zero-order chi connectivity index (χ0) is 24.1. The number of nitrogens with zero attached hydrogens (tertiary/aromatic N) is 1. The fourth-order valence-corrected chi connectivity index (χ4v) is 3.97. The quantitative estimate of drug-likeness (QED) is 0.340. The zero-order valence-corrected chi connectivity index (χ0v) is 18.9. The van der Waals surface area contributed by atoms with Gasteiger partial charge in [0.15, 0.2) is 12.4 Å². The Labute approximate surface area is 200 Å². The van der Waals surface area contributed by atoms with Gasteiger partial charge in [-0.05, 0) is 47.9 Å². The van der Waals surface area contributed by atoms with Crippen molar-refractivity contribution in [1.82, 2.24) is 9.88 Å². The molecule has 6 nitrogen and oxygen atoms in total. The van der Waals surface area contributed by atoms with Gasteiger partial charge in [-0.25, -0.2) is 9.18 Å². The van der Waals surface area contributed by atoms with Crippen molar-refractivity contribution in [2.75, 3.05) is 13.2 Å². The van der Waals surface area contributed by atoms with E-state index in [0.717, 1.165) is 22.0 Å². The highest BCUT2D eigenvalue weighted by Crippen LogP contribution is 2.29. The molecule has 0 unspecified atom stereocenters. The molecule has 1 aromatic heterocycles. The van der Waals surface area contributed by atoms with E-state index in [4.69, 9.17) is 16.3 Å². The molecule has 4 aromatic rings. The van der Waals surface area contributed by atoms with Crippen molar-refractivity contribution in [2.45, 2.75) is 13.0 Å². The summed E-state index contributed by atoms with van der Waals surface area (Å²) in [7, 11) is 0. The van der Waals surface area contributed by atoms with Crippen molar-refractivity contribution in [3.63, 3.8) is 0 Å². The molecule has 0 aliphatic rings. The van der Waals surface area contributed by atoms with Crippen molar-refractivity contribution in [3.05, 3.63) is 100 Å². The van der Waals surface area contributed by atoms with Gasteiger partial charge in [0.25, 0.3) is 5.91 Å². The van der Waals surface area contributed by atoms with Gasteiger partial charge < -0.3 is 19.7 Å². The van der Waals surface area contributed by atoms with Crippen LogP contribution in [0.4, 0.5) is 4.39 Å². The smallest absolute Gasteiger partial charge is 0.339 e. The van der Waals surface area contributed by atoms with E-state index >= 15 is 0 Å². The molecule has 8 heteroatoms. The number of H-pyrrole nitrogens is 1. The Bertz CT molecular complexity index is 1320. The lowest BCUT2D eigenvalue weighted by molar-refractivity contribution is -0.134. The highest BCUT2D eigenvalue weighted by Gasteiger charge is 2.20. The third-order valence-corrected chi connectivity index (χ3v) is 5.80. The van der Waals surface area contributed by atoms with Crippen molar-refractivity contribution in [3.8, 4) is 5.75 Å². The Balaban J connectivity index is 1.52. The summed E-state index contributed by atoms with van der Waals surface area (Å²) in [6, 6.07) is 18.2. The fraction of sp³-hybridized carbons (Fsp3) is 0.154. The number of halogens is 2.